The van der Waals surface area contributed by atoms with Gasteiger partial charge in [0.1, 0.15) is 11.6 Å². The summed E-state index contributed by atoms with van der Waals surface area (Å²) in [5.41, 5.74) is 2.96. The van der Waals surface area contributed by atoms with Crippen molar-refractivity contribution < 1.29 is 0 Å². The van der Waals surface area contributed by atoms with Crippen molar-refractivity contribution >= 4 is 11.5 Å². The van der Waals surface area contributed by atoms with E-state index in [-0.39, 0.29) is 0 Å². The van der Waals surface area contributed by atoms with Crippen LogP contribution < -0.4 is 10.6 Å². The second kappa shape index (κ2) is 7.78. The van der Waals surface area contributed by atoms with E-state index in [0.717, 1.165) is 30.1 Å². The topological polar surface area (TPSA) is 73.1 Å². The zero-order valence-electron chi connectivity index (χ0n) is 14.0. The van der Waals surface area contributed by atoms with E-state index in [1.807, 2.05) is 31.3 Å². The molecule has 1 aliphatic carbocycles. The maximum absolute atomic E-state index is 9.62. The first-order valence-corrected chi connectivity index (χ1v) is 8.62. The third kappa shape index (κ3) is 3.83. The van der Waals surface area contributed by atoms with Crippen LogP contribution >= 0.6 is 0 Å². The standard InChI is InChI=1S/C19H23N5/c1-14-13-22-19(23-15-8-4-2-3-5-9-15)24-18(14)16(12-20)17-10-6-7-11-21-17/h6-7,10-11,13,15H,2-5,8-9H2,1H3,(H2,22,23,24). The maximum Gasteiger partial charge on any atom is 0.200 e. The number of pyridine rings is 1. The zero-order chi connectivity index (χ0) is 16.8. The number of aliphatic imine (C=N–C) groups is 1. The van der Waals surface area contributed by atoms with Gasteiger partial charge in [0, 0.05) is 12.4 Å². The van der Waals surface area contributed by atoms with Crippen molar-refractivity contribution in [2.75, 3.05) is 0 Å². The minimum absolute atomic E-state index is 0.357. The van der Waals surface area contributed by atoms with Gasteiger partial charge in [-0.3, -0.25) is 4.98 Å². The largest absolute Gasteiger partial charge is 0.332 e. The molecule has 0 saturated heterocycles. The Hall–Kier alpha value is -2.61. The average Bonchev–Trinajstić information content (AvgIpc) is 2.88. The van der Waals surface area contributed by atoms with E-state index < -0.39 is 0 Å². The third-order valence-corrected chi connectivity index (χ3v) is 4.48. The molecule has 0 spiro atoms. The Morgan fingerprint density at radius 3 is 2.71 bits per heavy atom. The van der Waals surface area contributed by atoms with Gasteiger partial charge in [0.2, 0.25) is 0 Å². The van der Waals surface area contributed by atoms with E-state index in [9.17, 15) is 5.26 Å². The Kier molecular flexibility index (Phi) is 5.27. The van der Waals surface area contributed by atoms with E-state index in [1.165, 1.54) is 25.7 Å². The predicted molar refractivity (Wildman–Crippen MR) is 95.7 cm³/mol. The molecule has 0 atom stereocenters. The third-order valence-electron chi connectivity index (χ3n) is 4.48. The molecule has 2 N–H and O–H groups in total. The number of allylic oxidation sites excluding steroid dienone is 2. The van der Waals surface area contributed by atoms with Gasteiger partial charge in [0.15, 0.2) is 5.96 Å². The highest BCUT2D eigenvalue weighted by atomic mass is 15.2. The number of hydrogen-bond acceptors (Lipinski definition) is 3. The zero-order valence-corrected chi connectivity index (χ0v) is 14.0. The highest BCUT2D eigenvalue weighted by Gasteiger charge is 2.19. The van der Waals surface area contributed by atoms with Gasteiger partial charge in [0.05, 0.1) is 17.4 Å². The molecule has 0 unspecified atom stereocenters. The first kappa shape index (κ1) is 16.3. The second-order valence-electron chi connectivity index (χ2n) is 6.30. The molecule has 5 heteroatoms. The monoisotopic (exact) mass is 321 g/mol. The molecule has 2 heterocycles. The highest BCUT2D eigenvalue weighted by molar-refractivity contribution is 5.90. The summed E-state index contributed by atoms with van der Waals surface area (Å²) >= 11 is 0. The van der Waals surface area contributed by atoms with Gasteiger partial charge in [-0.25, -0.2) is 4.99 Å². The summed E-state index contributed by atoms with van der Waals surface area (Å²) in [7, 11) is 0. The molecule has 1 fully saturated rings. The molecular formula is C19H23N5. The summed E-state index contributed by atoms with van der Waals surface area (Å²) in [6.07, 6.45) is 11.0. The van der Waals surface area contributed by atoms with Crippen molar-refractivity contribution in [2.45, 2.75) is 51.5 Å². The Morgan fingerprint density at radius 2 is 2.04 bits per heavy atom. The summed E-state index contributed by atoms with van der Waals surface area (Å²) in [5, 5.41) is 16.1. The van der Waals surface area contributed by atoms with E-state index in [0.29, 0.717) is 17.3 Å². The van der Waals surface area contributed by atoms with Crippen molar-refractivity contribution in [2.24, 2.45) is 4.99 Å². The Morgan fingerprint density at radius 1 is 1.25 bits per heavy atom. The molecular weight excluding hydrogens is 298 g/mol. The molecule has 1 aromatic heterocycles. The minimum atomic E-state index is 0.357. The SMILES string of the molecule is CC1=CNC(=NC2CCCCCC2)NC1=C(C#N)c1ccccn1. The lowest BCUT2D eigenvalue weighted by Gasteiger charge is -2.22. The van der Waals surface area contributed by atoms with Gasteiger partial charge >= 0.3 is 0 Å². The van der Waals surface area contributed by atoms with Crippen LogP contribution in [0.15, 0.2) is 46.9 Å². The van der Waals surface area contributed by atoms with E-state index in [2.05, 4.69) is 21.7 Å². The molecule has 1 aliphatic heterocycles. The Labute approximate surface area is 143 Å². The van der Waals surface area contributed by atoms with Crippen LogP contribution in [0, 0.1) is 11.3 Å². The molecule has 124 valence electrons. The van der Waals surface area contributed by atoms with Gasteiger partial charge in [-0.05, 0) is 37.5 Å². The fraction of sp³-hybridized carbons (Fsp3) is 0.421. The normalized spacial score (nSPS) is 22.7. The molecule has 0 amide bonds. The summed E-state index contributed by atoms with van der Waals surface area (Å²) in [6, 6.07) is 8.23. The lowest BCUT2D eigenvalue weighted by molar-refractivity contribution is 0.581. The summed E-state index contributed by atoms with van der Waals surface area (Å²) in [5.74, 6) is 0.728. The van der Waals surface area contributed by atoms with E-state index in [4.69, 9.17) is 4.99 Å². The number of aromatic nitrogens is 1. The van der Waals surface area contributed by atoms with Gasteiger partial charge in [-0.1, -0.05) is 31.7 Å². The molecule has 1 aromatic rings. The number of nitriles is 1. The molecule has 0 radical (unpaired) electrons. The van der Waals surface area contributed by atoms with Crippen molar-refractivity contribution in [1.82, 2.24) is 15.6 Å². The molecule has 5 nitrogen and oxygen atoms in total. The lowest BCUT2D eigenvalue weighted by atomic mass is 10.0. The first-order chi connectivity index (χ1) is 11.8. The molecule has 1 saturated carbocycles. The molecule has 24 heavy (non-hydrogen) atoms. The fourth-order valence-corrected chi connectivity index (χ4v) is 3.15. The predicted octanol–water partition coefficient (Wildman–Crippen LogP) is 3.49. The first-order valence-electron chi connectivity index (χ1n) is 8.62. The summed E-state index contributed by atoms with van der Waals surface area (Å²) < 4.78 is 0. The van der Waals surface area contributed by atoms with Crippen molar-refractivity contribution in [3.05, 3.63) is 47.6 Å². The van der Waals surface area contributed by atoms with Crippen LogP contribution in [0.3, 0.4) is 0 Å². The van der Waals surface area contributed by atoms with Gasteiger partial charge in [0.25, 0.3) is 0 Å². The Balaban J connectivity index is 1.88. The van der Waals surface area contributed by atoms with Crippen LogP contribution in [0.1, 0.15) is 51.1 Å². The van der Waals surface area contributed by atoms with Crippen molar-refractivity contribution in [1.29, 1.82) is 5.26 Å². The molecule has 0 bridgehead atoms. The number of guanidine groups is 1. The smallest absolute Gasteiger partial charge is 0.200 e. The number of hydrogen-bond donors (Lipinski definition) is 2. The quantitative estimate of drug-likeness (QED) is 0.646. The van der Waals surface area contributed by atoms with E-state index >= 15 is 0 Å². The van der Waals surface area contributed by atoms with Crippen LogP contribution in [0.2, 0.25) is 0 Å². The van der Waals surface area contributed by atoms with Crippen LogP contribution in [-0.2, 0) is 0 Å². The Bertz CT molecular complexity index is 701. The van der Waals surface area contributed by atoms with Gasteiger partial charge in [-0.2, -0.15) is 5.26 Å². The van der Waals surface area contributed by atoms with Gasteiger partial charge in [-0.15, -0.1) is 0 Å². The summed E-state index contributed by atoms with van der Waals surface area (Å²) in [4.78, 5) is 9.14. The number of nitrogens with zero attached hydrogens (tertiary/aromatic N) is 3. The lowest BCUT2D eigenvalue weighted by Crippen LogP contribution is -2.39. The number of rotatable bonds is 2. The molecule has 3 rings (SSSR count). The van der Waals surface area contributed by atoms with E-state index in [1.54, 1.807) is 6.20 Å². The fourth-order valence-electron chi connectivity index (χ4n) is 3.15. The van der Waals surface area contributed by atoms with Crippen LogP contribution in [0.5, 0.6) is 0 Å². The summed E-state index contributed by atoms with van der Waals surface area (Å²) in [6.45, 7) is 1.97. The number of nitrogens with one attached hydrogen (secondary N) is 2. The minimum Gasteiger partial charge on any atom is -0.332 e. The maximum atomic E-state index is 9.62. The molecule has 0 aromatic carbocycles. The highest BCUT2D eigenvalue weighted by Crippen LogP contribution is 2.23. The van der Waals surface area contributed by atoms with Crippen LogP contribution in [0.25, 0.3) is 5.57 Å². The van der Waals surface area contributed by atoms with Crippen molar-refractivity contribution in [3.63, 3.8) is 0 Å². The average molecular weight is 321 g/mol. The van der Waals surface area contributed by atoms with Crippen LogP contribution in [-0.4, -0.2) is 17.0 Å². The van der Waals surface area contributed by atoms with Gasteiger partial charge < -0.3 is 10.6 Å². The second-order valence-corrected chi connectivity index (χ2v) is 6.30. The van der Waals surface area contributed by atoms with Crippen molar-refractivity contribution in [3.8, 4) is 6.07 Å². The van der Waals surface area contributed by atoms with Crippen LogP contribution in [0.4, 0.5) is 0 Å². The molecule has 2 aliphatic rings.